The second-order valence-electron chi connectivity index (χ2n) is 2.99. The number of nitrogens with zero attached hydrogens (tertiary/aromatic N) is 1. The van der Waals surface area contributed by atoms with Gasteiger partial charge in [0.05, 0.1) is 11.3 Å². The average Bonchev–Trinajstić information content (AvgIpc) is 2.19. The third kappa shape index (κ3) is 3.65. The van der Waals surface area contributed by atoms with Gasteiger partial charge in [-0.3, -0.25) is 14.9 Å². The Morgan fingerprint density at radius 2 is 2.25 bits per heavy atom. The second kappa shape index (κ2) is 5.64. The number of carbonyl (C=O) groups is 1. The van der Waals surface area contributed by atoms with E-state index in [4.69, 9.17) is 5.11 Å². The predicted molar refractivity (Wildman–Crippen MR) is 66.6 cm³/mol. The van der Waals surface area contributed by atoms with Crippen LogP contribution in [0.15, 0.2) is 18.2 Å². The molecule has 0 unspecified atom stereocenters. The molecule has 6 nitrogen and oxygen atoms in total. The number of anilines is 1. The molecular formula is C9H9IN2O4. The van der Waals surface area contributed by atoms with Gasteiger partial charge in [-0.15, -0.1) is 0 Å². The minimum Gasteiger partial charge on any atom is -0.481 e. The maximum atomic E-state index is 10.7. The van der Waals surface area contributed by atoms with Gasteiger partial charge >= 0.3 is 5.97 Å². The van der Waals surface area contributed by atoms with Crippen molar-refractivity contribution in [2.45, 2.75) is 6.42 Å². The third-order valence-corrected chi connectivity index (χ3v) is 2.48. The van der Waals surface area contributed by atoms with E-state index in [1.54, 1.807) is 12.1 Å². The molecule has 1 aromatic carbocycles. The van der Waals surface area contributed by atoms with E-state index in [0.29, 0.717) is 5.69 Å². The summed E-state index contributed by atoms with van der Waals surface area (Å²) in [5.74, 6) is -0.944. The van der Waals surface area contributed by atoms with Crippen LogP contribution in [-0.4, -0.2) is 22.5 Å². The van der Waals surface area contributed by atoms with Crippen LogP contribution in [0, 0.1) is 13.7 Å². The molecule has 0 atom stereocenters. The number of nitro groups is 1. The zero-order valence-corrected chi connectivity index (χ0v) is 10.3. The van der Waals surface area contributed by atoms with Gasteiger partial charge in [-0.25, -0.2) is 0 Å². The molecule has 1 rings (SSSR count). The highest BCUT2D eigenvalue weighted by atomic mass is 127. The zero-order chi connectivity index (χ0) is 12.1. The first-order valence-corrected chi connectivity index (χ1v) is 5.48. The van der Waals surface area contributed by atoms with Gasteiger partial charge in [0.25, 0.3) is 5.69 Å². The van der Waals surface area contributed by atoms with E-state index in [0.717, 1.165) is 3.57 Å². The molecular weight excluding hydrogens is 327 g/mol. The largest absolute Gasteiger partial charge is 0.481 e. The lowest BCUT2D eigenvalue weighted by Crippen LogP contribution is -2.08. The van der Waals surface area contributed by atoms with Crippen molar-refractivity contribution < 1.29 is 14.8 Å². The minimum atomic E-state index is -0.944. The van der Waals surface area contributed by atoms with Crippen molar-refractivity contribution in [1.29, 1.82) is 0 Å². The summed E-state index contributed by atoms with van der Waals surface area (Å²) in [6.07, 6.45) is -0.0802. The van der Waals surface area contributed by atoms with E-state index in [2.05, 4.69) is 5.32 Å². The standard InChI is InChI=1S/C9H9IN2O4/c10-6-1-2-7(8(5-6)12(15)16)11-4-3-9(13)14/h1-2,5,11H,3-4H2,(H,13,14). The Morgan fingerprint density at radius 3 is 2.81 bits per heavy atom. The van der Waals surface area contributed by atoms with E-state index in [-0.39, 0.29) is 18.7 Å². The third-order valence-electron chi connectivity index (χ3n) is 1.81. The van der Waals surface area contributed by atoms with Crippen LogP contribution in [0.1, 0.15) is 6.42 Å². The Morgan fingerprint density at radius 1 is 1.56 bits per heavy atom. The molecule has 0 spiro atoms. The molecule has 86 valence electrons. The number of carboxylic acids is 1. The molecule has 0 saturated carbocycles. The van der Waals surface area contributed by atoms with Crippen molar-refractivity contribution in [3.8, 4) is 0 Å². The number of benzene rings is 1. The lowest BCUT2D eigenvalue weighted by Gasteiger charge is -2.05. The highest BCUT2D eigenvalue weighted by molar-refractivity contribution is 14.1. The molecule has 0 aliphatic heterocycles. The number of carboxylic acid groups (broad SMARTS) is 1. The quantitative estimate of drug-likeness (QED) is 0.488. The summed E-state index contributed by atoms with van der Waals surface area (Å²) < 4.78 is 0.757. The Labute approximate surface area is 105 Å². The second-order valence-corrected chi connectivity index (χ2v) is 4.23. The molecule has 0 aromatic heterocycles. The molecule has 7 heteroatoms. The minimum absolute atomic E-state index is 0.0442. The van der Waals surface area contributed by atoms with Crippen molar-refractivity contribution >= 4 is 39.9 Å². The normalized spacial score (nSPS) is 9.81. The van der Waals surface area contributed by atoms with Crippen LogP contribution in [0.2, 0.25) is 0 Å². The molecule has 0 aliphatic rings. The number of nitro benzene ring substituents is 1. The molecule has 0 bridgehead atoms. The molecule has 1 aromatic rings. The van der Waals surface area contributed by atoms with Gasteiger partial charge in [-0.05, 0) is 34.7 Å². The van der Waals surface area contributed by atoms with Crippen molar-refractivity contribution in [3.05, 3.63) is 31.9 Å². The number of rotatable bonds is 5. The molecule has 2 N–H and O–H groups in total. The van der Waals surface area contributed by atoms with Crippen LogP contribution in [0.4, 0.5) is 11.4 Å². The fourth-order valence-electron chi connectivity index (χ4n) is 1.11. The molecule has 0 fully saturated rings. The summed E-state index contributed by atoms with van der Waals surface area (Å²) in [7, 11) is 0. The Bertz CT molecular complexity index is 422. The smallest absolute Gasteiger partial charge is 0.305 e. The van der Waals surface area contributed by atoms with E-state index in [1.807, 2.05) is 22.6 Å². The van der Waals surface area contributed by atoms with E-state index < -0.39 is 10.9 Å². The average molecular weight is 336 g/mol. The zero-order valence-electron chi connectivity index (χ0n) is 8.14. The first-order valence-electron chi connectivity index (χ1n) is 4.40. The Hall–Kier alpha value is -1.38. The van der Waals surface area contributed by atoms with Crippen LogP contribution in [-0.2, 0) is 4.79 Å². The number of aliphatic carboxylic acids is 1. The highest BCUT2D eigenvalue weighted by Crippen LogP contribution is 2.26. The van der Waals surface area contributed by atoms with Gasteiger partial charge in [0.1, 0.15) is 5.69 Å². The summed E-state index contributed by atoms with van der Waals surface area (Å²) in [6.45, 7) is 0.163. The van der Waals surface area contributed by atoms with Crippen molar-refractivity contribution in [3.63, 3.8) is 0 Å². The summed E-state index contributed by atoms with van der Waals surface area (Å²) in [6, 6.07) is 4.72. The van der Waals surface area contributed by atoms with Gasteiger partial charge in [0.2, 0.25) is 0 Å². The van der Waals surface area contributed by atoms with Crippen molar-refractivity contribution in [1.82, 2.24) is 0 Å². The van der Waals surface area contributed by atoms with Crippen LogP contribution >= 0.6 is 22.6 Å². The molecule has 0 aliphatic carbocycles. The first kappa shape index (κ1) is 12.7. The highest BCUT2D eigenvalue weighted by Gasteiger charge is 2.13. The number of hydrogen-bond donors (Lipinski definition) is 2. The SMILES string of the molecule is O=C(O)CCNc1ccc(I)cc1[N+](=O)[O-]. The molecule has 0 amide bonds. The summed E-state index contributed by atoms with van der Waals surface area (Å²) in [4.78, 5) is 20.5. The van der Waals surface area contributed by atoms with Gasteiger partial charge < -0.3 is 10.4 Å². The topological polar surface area (TPSA) is 92.5 Å². The van der Waals surface area contributed by atoms with Crippen LogP contribution in [0.3, 0.4) is 0 Å². The first-order chi connectivity index (χ1) is 7.50. The van der Waals surface area contributed by atoms with Gasteiger partial charge in [-0.1, -0.05) is 0 Å². The number of nitrogens with one attached hydrogen (secondary N) is 1. The fraction of sp³-hybridized carbons (Fsp3) is 0.222. The van der Waals surface area contributed by atoms with Crippen LogP contribution in [0.25, 0.3) is 0 Å². The summed E-state index contributed by atoms with van der Waals surface area (Å²) >= 11 is 1.98. The fourth-order valence-corrected chi connectivity index (χ4v) is 1.58. The van der Waals surface area contributed by atoms with Crippen molar-refractivity contribution in [2.75, 3.05) is 11.9 Å². The van der Waals surface area contributed by atoms with Gasteiger partial charge in [0, 0.05) is 16.2 Å². The Balaban J connectivity index is 2.78. The predicted octanol–water partition coefficient (Wildman–Crippen LogP) is 2.09. The maximum absolute atomic E-state index is 10.7. The van der Waals surface area contributed by atoms with E-state index in [1.165, 1.54) is 6.07 Å². The molecule has 0 saturated heterocycles. The maximum Gasteiger partial charge on any atom is 0.305 e. The lowest BCUT2D eigenvalue weighted by molar-refractivity contribution is -0.384. The monoisotopic (exact) mass is 336 g/mol. The number of halogens is 1. The van der Waals surface area contributed by atoms with Crippen LogP contribution in [0.5, 0.6) is 0 Å². The summed E-state index contributed by atoms with van der Waals surface area (Å²) in [5, 5.41) is 21.9. The van der Waals surface area contributed by atoms with Gasteiger partial charge in [0.15, 0.2) is 0 Å². The van der Waals surface area contributed by atoms with Gasteiger partial charge in [-0.2, -0.15) is 0 Å². The van der Waals surface area contributed by atoms with Crippen LogP contribution < -0.4 is 5.32 Å². The molecule has 16 heavy (non-hydrogen) atoms. The number of hydrogen-bond acceptors (Lipinski definition) is 4. The lowest BCUT2D eigenvalue weighted by atomic mass is 10.2. The molecule has 0 radical (unpaired) electrons. The molecule has 0 heterocycles. The van der Waals surface area contributed by atoms with Crippen molar-refractivity contribution in [2.24, 2.45) is 0 Å². The Kier molecular flexibility index (Phi) is 4.47. The van der Waals surface area contributed by atoms with E-state index >= 15 is 0 Å². The summed E-state index contributed by atoms with van der Waals surface area (Å²) in [5.41, 5.74) is 0.295. The van der Waals surface area contributed by atoms with E-state index in [9.17, 15) is 14.9 Å².